The molecule has 1 N–H and O–H groups in total. The minimum absolute atomic E-state index is 0.144. The lowest BCUT2D eigenvalue weighted by molar-refractivity contribution is -0.142. The van der Waals surface area contributed by atoms with Crippen LogP contribution in [-0.4, -0.2) is 18.2 Å². The van der Waals surface area contributed by atoms with Crippen LogP contribution in [-0.2, 0) is 9.53 Å². The third kappa shape index (κ3) is 3.28. The number of aliphatic hydroxyl groups excluding tert-OH is 1. The predicted molar refractivity (Wildman–Crippen MR) is 55.7 cm³/mol. The van der Waals surface area contributed by atoms with E-state index < -0.39 is 17.9 Å². The Labute approximate surface area is 95.0 Å². The molecule has 1 atom stereocenters. The molecule has 0 aliphatic heterocycles. The third-order valence-electron chi connectivity index (χ3n) is 1.92. The Balaban J connectivity index is 2.78. The van der Waals surface area contributed by atoms with Crippen LogP contribution in [0.1, 0.15) is 18.1 Å². The summed E-state index contributed by atoms with van der Waals surface area (Å²) in [7, 11) is 1.25. The average Bonchev–Trinajstić information content (AvgIpc) is 2.21. The van der Waals surface area contributed by atoms with Gasteiger partial charge in [-0.25, -0.2) is 4.39 Å². The molecule has 0 aromatic heterocycles. The van der Waals surface area contributed by atoms with Crippen LogP contribution in [0.25, 0.3) is 0 Å². The van der Waals surface area contributed by atoms with Crippen LogP contribution in [0.3, 0.4) is 0 Å². The number of carbonyl (C=O) groups excluding carboxylic acids is 1. The molecule has 0 aliphatic rings. The second-order valence-corrected chi connectivity index (χ2v) is 3.82. The van der Waals surface area contributed by atoms with E-state index in [2.05, 4.69) is 20.7 Å². The van der Waals surface area contributed by atoms with Gasteiger partial charge in [0.2, 0.25) is 0 Å². The fourth-order valence-corrected chi connectivity index (χ4v) is 1.48. The summed E-state index contributed by atoms with van der Waals surface area (Å²) in [6.45, 7) is 0. The molecule has 0 heterocycles. The maximum absolute atomic E-state index is 12.9. The molecule has 1 aromatic rings. The number of rotatable bonds is 3. The van der Waals surface area contributed by atoms with Gasteiger partial charge in [0, 0.05) is 0 Å². The van der Waals surface area contributed by atoms with Crippen LogP contribution in [0.2, 0.25) is 0 Å². The summed E-state index contributed by atoms with van der Waals surface area (Å²) in [6.07, 6.45) is -1.12. The first-order chi connectivity index (χ1) is 7.04. The van der Waals surface area contributed by atoms with Crippen LogP contribution < -0.4 is 0 Å². The molecule has 0 amide bonds. The standard InChI is InChI=1S/C10H10BrFO3/c1-15-10(14)5-9(13)6-2-3-8(12)7(11)4-6/h2-4,9,13H,5H2,1H3. The number of halogens is 2. The zero-order valence-electron chi connectivity index (χ0n) is 8.04. The highest BCUT2D eigenvalue weighted by Gasteiger charge is 2.14. The Morgan fingerprint density at radius 2 is 2.33 bits per heavy atom. The van der Waals surface area contributed by atoms with Crippen LogP contribution in [0, 0.1) is 5.82 Å². The summed E-state index contributed by atoms with van der Waals surface area (Å²) in [4.78, 5) is 10.9. The SMILES string of the molecule is COC(=O)CC(O)c1ccc(F)c(Br)c1. The first-order valence-electron chi connectivity index (χ1n) is 4.24. The van der Waals surface area contributed by atoms with Gasteiger partial charge in [0.15, 0.2) is 0 Å². The van der Waals surface area contributed by atoms with Crippen LogP contribution in [0.15, 0.2) is 22.7 Å². The summed E-state index contributed by atoms with van der Waals surface area (Å²) in [5, 5.41) is 9.59. The topological polar surface area (TPSA) is 46.5 Å². The highest BCUT2D eigenvalue weighted by molar-refractivity contribution is 9.10. The van der Waals surface area contributed by atoms with Gasteiger partial charge in [-0.15, -0.1) is 0 Å². The monoisotopic (exact) mass is 276 g/mol. The van der Waals surface area contributed by atoms with Gasteiger partial charge in [-0.05, 0) is 33.6 Å². The molecule has 0 radical (unpaired) electrons. The van der Waals surface area contributed by atoms with Crippen molar-refractivity contribution in [2.75, 3.05) is 7.11 Å². The van der Waals surface area contributed by atoms with Gasteiger partial charge in [0.05, 0.1) is 24.1 Å². The predicted octanol–water partition coefficient (Wildman–Crippen LogP) is 2.18. The van der Waals surface area contributed by atoms with Crippen molar-refractivity contribution in [1.29, 1.82) is 0 Å². The Morgan fingerprint density at radius 1 is 1.67 bits per heavy atom. The minimum Gasteiger partial charge on any atom is -0.469 e. The van der Waals surface area contributed by atoms with E-state index in [1.807, 2.05) is 0 Å². The highest BCUT2D eigenvalue weighted by atomic mass is 79.9. The zero-order valence-corrected chi connectivity index (χ0v) is 9.62. The van der Waals surface area contributed by atoms with E-state index in [0.29, 0.717) is 5.56 Å². The molecule has 0 aliphatic carbocycles. The van der Waals surface area contributed by atoms with Gasteiger partial charge in [-0.3, -0.25) is 4.79 Å². The summed E-state index contributed by atoms with van der Waals surface area (Å²) in [6, 6.07) is 4.08. The lowest BCUT2D eigenvalue weighted by Crippen LogP contribution is -2.08. The third-order valence-corrected chi connectivity index (χ3v) is 2.52. The number of hydrogen-bond acceptors (Lipinski definition) is 3. The Morgan fingerprint density at radius 3 is 2.87 bits per heavy atom. The molecule has 15 heavy (non-hydrogen) atoms. The van der Waals surface area contributed by atoms with Crippen molar-refractivity contribution in [3.63, 3.8) is 0 Å². The van der Waals surface area contributed by atoms with Crippen molar-refractivity contribution in [2.24, 2.45) is 0 Å². The second kappa shape index (κ2) is 5.23. The summed E-state index contributed by atoms with van der Waals surface area (Å²) in [5.41, 5.74) is 0.466. The normalized spacial score (nSPS) is 12.3. The van der Waals surface area contributed by atoms with E-state index in [1.165, 1.54) is 25.3 Å². The van der Waals surface area contributed by atoms with E-state index in [9.17, 15) is 14.3 Å². The molecule has 3 nitrogen and oxygen atoms in total. The molecule has 1 aromatic carbocycles. The molecule has 0 bridgehead atoms. The number of esters is 1. The van der Waals surface area contributed by atoms with Crippen molar-refractivity contribution < 1.29 is 19.0 Å². The Bertz CT molecular complexity index is 368. The number of methoxy groups -OCH3 is 1. The first-order valence-corrected chi connectivity index (χ1v) is 5.03. The van der Waals surface area contributed by atoms with Crippen molar-refractivity contribution in [2.45, 2.75) is 12.5 Å². The molecule has 0 spiro atoms. The van der Waals surface area contributed by atoms with Crippen LogP contribution >= 0.6 is 15.9 Å². The fourth-order valence-electron chi connectivity index (χ4n) is 1.08. The molecule has 0 saturated heterocycles. The summed E-state index contributed by atoms with van der Waals surface area (Å²) < 4.78 is 17.5. The molecule has 82 valence electrons. The van der Waals surface area contributed by atoms with Gasteiger partial charge < -0.3 is 9.84 Å². The van der Waals surface area contributed by atoms with Gasteiger partial charge in [0.1, 0.15) is 5.82 Å². The van der Waals surface area contributed by atoms with E-state index in [0.717, 1.165) is 0 Å². The van der Waals surface area contributed by atoms with Gasteiger partial charge in [-0.1, -0.05) is 6.07 Å². The molecule has 0 saturated carbocycles. The van der Waals surface area contributed by atoms with Gasteiger partial charge in [-0.2, -0.15) is 0 Å². The van der Waals surface area contributed by atoms with Crippen LogP contribution in [0.4, 0.5) is 4.39 Å². The largest absolute Gasteiger partial charge is 0.469 e. The highest BCUT2D eigenvalue weighted by Crippen LogP contribution is 2.23. The lowest BCUT2D eigenvalue weighted by Gasteiger charge is -2.09. The summed E-state index contributed by atoms with van der Waals surface area (Å²) >= 11 is 3.00. The fraction of sp³-hybridized carbons (Fsp3) is 0.300. The molecule has 1 rings (SSSR count). The molecule has 5 heteroatoms. The Kier molecular flexibility index (Phi) is 4.23. The molecule has 1 unspecified atom stereocenters. The van der Waals surface area contributed by atoms with E-state index in [4.69, 9.17) is 0 Å². The number of carbonyl (C=O) groups is 1. The minimum atomic E-state index is -0.977. The lowest BCUT2D eigenvalue weighted by atomic mass is 10.1. The zero-order chi connectivity index (χ0) is 11.4. The van der Waals surface area contributed by atoms with Gasteiger partial charge in [0.25, 0.3) is 0 Å². The number of hydrogen-bond donors (Lipinski definition) is 1. The number of aliphatic hydroxyl groups is 1. The van der Waals surface area contributed by atoms with E-state index in [-0.39, 0.29) is 10.9 Å². The van der Waals surface area contributed by atoms with E-state index in [1.54, 1.807) is 0 Å². The average molecular weight is 277 g/mol. The number of benzene rings is 1. The maximum Gasteiger partial charge on any atom is 0.308 e. The first kappa shape index (κ1) is 12.1. The second-order valence-electron chi connectivity index (χ2n) is 2.97. The van der Waals surface area contributed by atoms with Crippen molar-refractivity contribution in [3.05, 3.63) is 34.1 Å². The summed E-state index contributed by atoms with van der Waals surface area (Å²) in [5.74, 6) is -0.924. The van der Waals surface area contributed by atoms with E-state index >= 15 is 0 Å². The van der Waals surface area contributed by atoms with Crippen LogP contribution in [0.5, 0.6) is 0 Å². The van der Waals surface area contributed by atoms with Crippen molar-refractivity contribution in [1.82, 2.24) is 0 Å². The quantitative estimate of drug-likeness (QED) is 0.861. The number of ether oxygens (including phenoxy) is 1. The molecular weight excluding hydrogens is 267 g/mol. The van der Waals surface area contributed by atoms with Crippen molar-refractivity contribution >= 4 is 21.9 Å². The molecular formula is C10H10BrFO3. The van der Waals surface area contributed by atoms with Crippen molar-refractivity contribution in [3.8, 4) is 0 Å². The maximum atomic E-state index is 12.9. The molecule has 0 fully saturated rings. The Hall–Kier alpha value is -0.940. The smallest absolute Gasteiger partial charge is 0.308 e. The van der Waals surface area contributed by atoms with Gasteiger partial charge >= 0.3 is 5.97 Å².